The zero-order chi connectivity index (χ0) is 17.6. The van der Waals surface area contributed by atoms with Gasteiger partial charge in [-0.3, -0.25) is 4.68 Å². The van der Waals surface area contributed by atoms with E-state index in [1.54, 1.807) is 7.11 Å². The maximum Gasteiger partial charge on any atom is 0.151 e. The lowest BCUT2D eigenvalue weighted by Gasteiger charge is -2.03. The van der Waals surface area contributed by atoms with Crippen molar-refractivity contribution in [2.75, 3.05) is 7.11 Å². The molecule has 3 rings (SSSR count). The van der Waals surface area contributed by atoms with Crippen molar-refractivity contribution in [3.8, 4) is 17.0 Å². The second-order valence-corrected chi connectivity index (χ2v) is 5.73. The molecule has 0 bridgehead atoms. The molecule has 0 amide bonds. The average molecular weight is 338 g/mol. The molecule has 0 saturated heterocycles. The van der Waals surface area contributed by atoms with Gasteiger partial charge >= 0.3 is 0 Å². The largest absolute Gasteiger partial charge is 0.496 e. The van der Waals surface area contributed by atoms with E-state index in [2.05, 4.69) is 22.2 Å². The number of hydrogen-bond donors (Lipinski definition) is 1. The Morgan fingerprint density at radius 1 is 1.32 bits per heavy atom. The number of aryl methyl sites for hydroxylation is 1. The summed E-state index contributed by atoms with van der Waals surface area (Å²) in [5.41, 5.74) is 3.86. The number of hydrogen-bond acceptors (Lipinski definition) is 5. The molecule has 3 aromatic rings. The Kier molecular flexibility index (Phi) is 5.30. The minimum Gasteiger partial charge on any atom is -0.496 e. The Bertz CT molecular complexity index is 851. The number of nitrogens with one attached hydrogen (secondary N) is 1. The van der Waals surface area contributed by atoms with Gasteiger partial charge in [-0.05, 0) is 19.1 Å². The van der Waals surface area contributed by atoms with E-state index in [1.807, 2.05) is 54.2 Å². The Hall–Kier alpha value is -2.86. The van der Waals surface area contributed by atoms with Gasteiger partial charge < -0.3 is 14.6 Å². The van der Waals surface area contributed by atoms with E-state index in [-0.39, 0.29) is 0 Å². The van der Waals surface area contributed by atoms with Crippen molar-refractivity contribution in [3.05, 3.63) is 66.2 Å². The summed E-state index contributed by atoms with van der Waals surface area (Å²) >= 11 is 0. The van der Waals surface area contributed by atoms with E-state index >= 15 is 0 Å². The second kappa shape index (κ2) is 7.81. The molecule has 0 radical (unpaired) electrons. The smallest absolute Gasteiger partial charge is 0.151 e. The van der Waals surface area contributed by atoms with Gasteiger partial charge in [-0.15, -0.1) is 6.58 Å². The van der Waals surface area contributed by atoms with Gasteiger partial charge in [0.1, 0.15) is 11.4 Å². The Morgan fingerprint density at radius 3 is 2.96 bits per heavy atom. The highest BCUT2D eigenvalue weighted by Crippen LogP contribution is 2.28. The third kappa shape index (κ3) is 3.97. The maximum absolute atomic E-state index is 5.43. The fourth-order valence-electron chi connectivity index (χ4n) is 2.66. The molecule has 0 spiro atoms. The van der Waals surface area contributed by atoms with Gasteiger partial charge in [0, 0.05) is 29.9 Å². The molecular weight excluding hydrogens is 316 g/mol. The summed E-state index contributed by atoms with van der Waals surface area (Å²) in [7, 11) is 1.65. The first-order valence-corrected chi connectivity index (χ1v) is 8.14. The van der Waals surface area contributed by atoms with Crippen LogP contribution in [0.1, 0.15) is 17.0 Å². The zero-order valence-corrected chi connectivity index (χ0v) is 14.5. The van der Waals surface area contributed by atoms with Crippen molar-refractivity contribution in [2.45, 2.75) is 26.6 Å². The highest BCUT2D eigenvalue weighted by Gasteiger charge is 2.11. The van der Waals surface area contributed by atoms with Gasteiger partial charge in [-0.2, -0.15) is 5.10 Å². The molecule has 0 unspecified atom stereocenters. The molecule has 2 heterocycles. The minimum atomic E-state index is 0.591. The van der Waals surface area contributed by atoms with Crippen LogP contribution in [0.25, 0.3) is 11.3 Å². The molecule has 2 aromatic heterocycles. The molecule has 0 fully saturated rings. The standard InChI is InChI=1S/C19H22N4O2/c1-4-9-23-13-15(14(2)21-23)11-20-12-16-10-18(22-25-16)17-7-5-6-8-19(17)24-3/h4-8,10,13,20H,1,9,11-12H2,2-3H3. The SMILES string of the molecule is C=CCn1cc(CNCc2cc(-c3ccccc3OC)no2)c(C)n1. The highest BCUT2D eigenvalue weighted by atomic mass is 16.5. The summed E-state index contributed by atoms with van der Waals surface area (Å²) in [6.07, 6.45) is 3.86. The molecule has 6 nitrogen and oxygen atoms in total. The van der Waals surface area contributed by atoms with Crippen molar-refractivity contribution in [2.24, 2.45) is 0 Å². The van der Waals surface area contributed by atoms with Gasteiger partial charge in [0.15, 0.2) is 5.76 Å². The number of allylic oxidation sites excluding steroid dienone is 1. The topological polar surface area (TPSA) is 65.1 Å². The molecule has 130 valence electrons. The molecule has 0 aliphatic heterocycles. The average Bonchev–Trinajstić information content (AvgIpc) is 3.22. The van der Waals surface area contributed by atoms with Gasteiger partial charge in [-0.25, -0.2) is 0 Å². The Balaban J connectivity index is 1.61. The monoisotopic (exact) mass is 338 g/mol. The van der Waals surface area contributed by atoms with E-state index < -0.39 is 0 Å². The van der Waals surface area contributed by atoms with Gasteiger partial charge in [0.05, 0.1) is 25.9 Å². The normalized spacial score (nSPS) is 10.8. The lowest BCUT2D eigenvalue weighted by atomic mass is 10.1. The van der Waals surface area contributed by atoms with E-state index in [0.717, 1.165) is 34.0 Å². The van der Waals surface area contributed by atoms with Crippen molar-refractivity contribution in [3.63, 3.8) is 0 Å². The van der Waals surface area contributed by atoms with Crippen LogP contribution in [0.2, 0.25) is 0 Å². The van der Waals surface area contributed by atoms with Crippen LogP contribution in [0.15, 0.2) is 53.7 Å². The molecule has 0 aliphatic rings. The third-order valence-corrected chi connectivity index (χ3v) is 3.92. The van der Waals surface area contributed by atoms with Crippen LogP contribution in [0.5, 0.6) is 5.75 Å². The second-order valence-electron chi connectivity index (χ2n) is 5.73. The van der Waals surface area contributed by atoms with Crippen LogP contribution in [-0.4, -0.2) is 22.0 Å². The van der Waals surface area contributed by atoms with Crippen LogP contribution in [0.3, 0.4) is 0 Å². The zero-order valence-electron chi connectivity index (χ0n) is 14.5. The summed E-state index contributed by atoms with van der Waals surface area (Å²) in [4.78, 5) is 0. The summed E-state index contributed by atoms with van der Waals surface area (Å²) in [5, 5.41) is 12.0. The third-order valence-electron chi connectivity index (χ3n) is 3.92. The van der Waals surface area contributed by atoms with Crippen LogP contribution in [-0.2, 0) is 19.6 Å². The van der Waals surface area contributed by atoms with Crippen molar-refractivity contribution in [1.82, 2.24) is 20.3 Å². The molecule has 1 aromatic carbocycles. The molecule has 6 heteroatoms. The van der Waals surface area contributed by atoms with Crippen LogP contribution in [0.4, 0.5) is 0 Å². The molecule has 0 aliphatic carbocycles. The first kappa shape index (κ1) is 17.0. The number of aromatic nitrogens is 3. The molecule has 25 heavy (non-hydrogen) atoms. The molecule has 0 atom stereocenters. The van der Waals surface area contributed by atoms with E-state index in [0.29, 0.717) is 19.6 Å². The van der Waals surface area contributed by atoms with E-state index in [1.165, 1.54) is 0 Å². The molecule has 0 saturated carbocycles. The van der Waals surface area contributed by atoms with Crippen LogP contribution < -0.4 is 10.1 Å². The first-order valence-electron chi connectivity index (χ1n) is 8.14. The Morgan fingerprint density at radius 2 is 2.16 bits per heavy atom. The lowest BCUT2D eigenvalue weighted by molar-refractivity contribution is 0.373. The van der Waals surface area contributed by atoms with Crippen molar-refractivity contribution in [1.29, 1.82) is 0 Å². The van der Waals surface area contributed by atoms with Crippen molar-refractivity contribution < 1.29 is 9.26 Å². The number of ether oxygens (including phenoxy) is 1. The van der Waals surface area contributed by atoms with Crippen LogP contribution in [0, 0.1) is 6.92 Å². The summed E-state index contributed by atoms with van der Waals surface area (Å²) < 4.78 is 12.7. The fraction of sp³-hybridized carbons (Fsp3) is 0.263. The van der Waals surface area contributed by atoms with Gasteiger partial charge in [0.25, 0.3) is 0 Å². The van der Waals surface area contributed by atoms with Crippen molar-refractivity contribution >= 4 is 0 Å². The number of methoxy groups -OCH3 is 1. The minimum absolute atomic E-state index is 0.591. The van der Waals surface area contributed by atoms with Gasteiger partial charge in [-0.1, -0.05) is 23.4 Å². The predicted octanol–water partition coefficient (Wildman–Crippen LogP) is 3.33. The summed E-state index contributed by atoms with van der Waals surface area (Å²) in [5.74, 6) is 1.55. The molecular formula is C19H22N4O2. The molecule has 1 N–H and O–H groups in total. The number of rotatable bonds is 8. The summed E-state index contributed by atoms with van der Waals surface area (Å²) in [6, 6.07) is 9.68. The quantitative estimate of drug-likeness (QED) is 0.638. The highest BCUT2D eigenvalue weighted by molar-refractivity contribution is 5.66. The number of para-hydroxylation sites is 1. The predicted molar refractivity (Wildman–Crippen MR) is 96.2 cm³/mol. The first-order chi connectivity index (χ1) is 12.2. The maximum atomic E-state index is 5.43. The van der Waals surface area contributed by atoms with E-state index in [4.69, 9.17) is 9.26 Å². The number of benzene rings is 1. The van der Waals surface area contributed by atoms with Crippen LogP contribution >= 0.6 is 0 Å². The Labute approximate surface area is 147 Å². The summed E-state index contributed by atoms with van der Waals surface area (Å²) in [6.45, 7) is 7.76. The van der Waals surface area contributed by atoms with E-state index in [9.17, 15) is 0 Å². The number of nitrogens with zero attached hydrogens (tertiary/aromatic N) is 3. The lowest BCUT2D eigenvalue weighted by Crippen LogP contribution is -2.12. The fourth-order valence-corrected chi connectivity index (χ4v) is 2.66. The van der Waals surface area contributed by atoms with Gasteiger partial charge in [0.2, 0.25) is 0 Å².